The lowest BCUT2D eigenvalue weighted by Crippen LogP contribution is -2.30. The molecule has 138 valence electrons. The summed E-state index contributed by atoms with van der Waals surface area (Å²) in [4.78, 5) is 13.3. The van der Waals surface area contributed by atoms with Crippen molar-refractivity contribution in [3.63, 3.8) is 0 Å². The van der Waals surface area contributed by atoms with Gasteiger partial charge in [0.25, 0.3) is 0 Å². The van der Waals surface area contributed by atoms with Crippen molar-refractivity contribution < 1.29 is 4.79 Å². The first kappa shape index (κ1) is 17.3. The molecule has 0 saturated carbocycles. The van der Waals surface area contributed by atoms with Crippen LogP contribution < -0.4 is 5.32 Å². The van der Waals surface area contributed by atoms with Crippen LogP contribution in [0, 0.1) is 5.92 Å². The molecular formula is C25H20ClNO. The molecule has 3 heteroatoms. The van der Waals surface area contributed by atoms with E-state index in [1.54, 1.807) is 6.07 Å². The van der Waals surface area contributed by atoms with Gasteiger partial charge in [0.15, 0.2) is 5.78 Å². The van der Waals surface area contributed by atoms with Crippen molar-refractivity contribution in [3.8, 4) is 0 Å². The number of anilines is 1. The summed E-state index contributed by atoms with van der Waals surface area (Å²) in [6.45, 7) is 0. The van der Waals surface area contributed by atoms with Gasteiger partial charge in [-0.2, -0.15) is 0 Å². The van der Waals surface area contributed by atoms with Crippen molar-refractivity contribution in [1.82, 2.24) is 0 Å². The number of ketones is 1. The fraction of sp³-hybridized carbons (Fsp3) is 0.160. The van der Waals surface area contributed by atoms with E-state index < -0.39 is 0 Å². The fourth-order valence-corrected chi connectivity index (χ4v) is 4.81. The molecular weight excluding hydrogens is 366 g/mol. The zero-order chi connectivity index (χ0) is 19.1. The number of nitrogens with one attached hydrogen (secondary N) is 1. The second-order valence-corrected chi connectivity index (χ2v) is 7.94. The van der Waals surface area contributed by atoms with E-state index in [1.165, 1.54) is 5.56 Å². The maximum absolute atomic E-state index is 13.3. The zero-order valence-corrected chi connectivity index (χ0v) is 16.1. The molecule has 3 aromatic carbocycles. The molecule has 2 nitrogen and oxygen atoms in total. The summed E-state index contributed by atoms with van der Waals surface area (Å²) in [5, 5.41) is 4.32. The minimum absolute atomic E-state index is 0.000844. The quantitative estimate of drug-likeness (QED) is 0.417. The van der Waals surface area contributed by atoms with Crippen LogP contribution in [0.5, 0.6) is 0 Å². The minimum Gasteiger partial charge on any atom is -0.377 e. The van der Waals surface area contributed by atoms with E-state index in [4.69, 9.17) is 11.6 Å². The van der Waals surface area contributed by atoms with Gasteiger partial charge in [0.1, 0.15) is 0 Å². The first-order chi connectivity index (χ1) is 13.7. The number of fused-ring (bicyclic) bond motifs is 3. The lowest BCUT2D eigenvalue weighted by molar-refractivity contribution is 0.103. The summed E-state index contributed by atoms with van der Waals surface area (Å²) in [6.07, 6.45) is 5.54. The molecule has 0 spiro atoms. The molecule has 0 unspecified atom stereocenters. The molecule has 3 atom stereocenters. The lowest BCUT2D eigenvalue weighted by Gasteiger charge is -2.38. The van der Waals surface area contributed by atoms with Gasteiger partial charge in [-0.25, -0.2) is 0 Å². The molecule has 1 heterocycles. The number of rotatable bonds is 3. The average Bonchev–Trinajstić information content (AvgIpc) is 3.24. The van der Waals surface area contributed by atoms with Crippen molar-refractivity contribution in [3.05, 3.63) is 112 Å². The molecule has 1 aliphatic heterocycles. The van der Waals surface area contributed by atoms with E-state index in [0.717, 1.165) is 17.7 Å². The van der Waals surface area contributed by atoms with Crippen LogP contribution in [0.25, 0.3) is 0 Å². The Labute approximate surface area is 169 Å². The van der Waals surface area contributed by atoms with Gasteiger partial charge < -0.3 is 5.32 Å². The Morgan fingerprint density at radius 3 is 2.43 bits per heavy atom. The van der Waals surface area contributed by atoms with Crippen LogP contribution >= 0.6 is 11.6 Å². The summed E-state index contributed by atoms with van der Waals surface area (Å²) in [6, 6.07) is 23.9. The fourth-order valence-electron chi connectivity index (χ4n) is 4.58. The molecule has 0 amide bonds. The standard InChI is InChI=1S/C25H20ClNO/c26-18-14-21-19-12-7-13-20(19)23(16-8-3-1-4-9-16)27-24(21)22(15-18)25(28)17-10-5-2-6-11-17/h1-12,14-15,19-20,23,27H,13H2/t19-,20-,23+/m1/s1. The first-order valence-electron chi connectivity index (χ1n) is 9.64. The van der Waals surface area contributed by atoms with Crippen LogP contribution in [-0.2, 0) is 0 Å². The van der Waals surface area contributed by atoms with Crippen LogP contribution in [0.3, 0.4) is 0 Å². The number of allylic oxidation sites excluding steroid dienone is 2. The average molecular weight is 386 g/mol. The van der Waals surface area contributed by atoms with E-state index in [1.807, 2.05) is 42.5 Å². The molecule has 0 bridgehead atoms. The number of carbonyl (C=O) groups excluding carboxylic acids is 1. The monoisotopic (exact) mass is 385 g/mol. The van der Waals surface area contributed by atoms with E-state index in [0.29, 0.717) is 22.1 Å². The predicted molar refractivity (Wildman–Crippen MR) is 114 cm³/mol. The molecule has 3 aromatic rings. The Balaban J connectivity index is 1.66. The summed E-state index contributed by atoms with van der Waals surface area (Å²) in [5.74, 6) is 0.689. The summed E-state index contributed by atoms with van der Waals surface area (Å²) in [5.41, 5.74) is 4.61. The number of carbonyl (C=O) groups is 1. The van der Waals surface area contributed by atoms with Gasteiger partial charge in [0, 0.05) is 27.8 Å². The van der Waals surface area contributed by atoms with Gasteiger partial charge in [-0.3, -0.25) is 4.79 Å². The van der Waals surface area contributed by atoms with Crippen molar-refractivity contribution in [2.75, 3.05) is 5.32 Å². The van der Waals surface area contributed by atoms with Crippen LogP contribution in [0.1, 0.15) is 45.4 Å². The van der Waals surface area contributed by atoms with Gasteiger partial charge in [-0.05, 0) is 35.6 Å². The normalized spacial score (nSPS) is 22.2. The number of halogens is 1. The van der Waals surface area contributed by atoms with Crippen molar-refractivity contribution >= 4 is 23.1 Å². The molecule has 0 aromatic heterocycles. The van der Waals surface area contributed by atoms with Gasteiger partial charge in [0.05, 0.1) is 6.04 Å². The molecule has 0 radical (unpaired) electrons. The van der Waals surface area contributed by atoms with Crippen molar-refractivity contribution in [2.45, 2.75) is 18.4 Å². The largest absolute Gasteiger partial charge is 0.377 e. The Kier molecular flexibility index (Phi) is 4.29. The van der Waals surface area contributed by atoms with Crippen molar-refractivity contribution in [2.24, 2.45) is 5.92 Å². The molecule has 0 saturated heterocycles. The predicted octanol–water partition coefficient (Wildman–Crippen LogP) is 6.40. The van der Waals surface area contributed by atoms with Crippen LogP contribution in [0.15, 0.2) is 84.9 Å². The molecule has 5 rings (SSSR count). The molecule has 28 heavy (non-hydrogen) atoms. The highest BCUT2D eigenvalue weighted by molar-refractivity contribution is 6.31. The topological polar surface area (TPSA) is 29.1 Å². The number of benzene rings is 3. The van der Waals surface area contributed by atoms with Gasteiger partial charge in [-0.15, -0.1) is 0 Å². The highest BCUT2D eigenvalue weighted by Gasteiger charge is 2.39. The highest BCUT2D eigenvalue weighted by atomic mass is 35.5. The maximum Gasteiger partial charge on any atom is 0.195 e. The zero-order valence-electron chi connectivity index (χ0n) is 15.3. The van der Waals surface area contributed by atoms with Crippen LogP contribution in [0.2, 0.25) is 5.02 Å². The number of hydrogen-bond donors (Lipinski definition) is 1. The van der Waals surface area contributed by atoms with E-state index in [-0.39, 0.29) is 17.7 Å². The van der Waals surface area contributed by atoms with Crippen LogP contribution in [0.4, 0.5) is 5.69 Å². The Morgan fingerprint density at radius 1 is 0.964 bits per heavy atom. The second kappa shape index (κ2) is 6.96. The van der Waals surface area contributed by atoms with Gasteiger partial charge in [0.2, 0.25) is 0 Å². The Morgan fingerprint density at radius 2 is 1.68 bits per heavy atom. The third-order valence-electron chi connectivity index (χ3n) is 5.87. The third-order valence-corrected chi connectivity index (χ3v) is 6.09. The second-order valence-electron chi connectivity index (χ2n) is 7.50. The SMILES string of the molecule is O=C(c1ccccc1)c1cc(Cl)cc2c1N[C@@H](c1ccccc1)[C@@H]1CC=C[C@@H]21. The Hall–Kier alpha value is -2.84. The smallest absolute Gasteiger partial charge is 0.195 e. The third kappa shape index (κ3) is 2.85. The summed E-state index contributed by atoms with van der Waals surface area (Å²) < 4.78 is 0. The Bertz CT molecular complexity index is 1060. The summed E-state index contributed by atoms with van der Waals surface area (Å²) >= 11 is 6.45. The molecule has 1 N–H and O–H groups in total. The van der Waals surface area contributed by atoms with E-state index >= 15 is 0 Å². The first-order valence-corrected chi connectivity index (χ1v) is 10.0. The molecule has 0 fully saturated rings. The van der Waals surface area contributed by atoms with Crippen LogP contribution in [-0.4, -0.2) is 5.78 Å². The summed E-state index contributed by atoms with van der Waals surface area (Å²) in [7, 11) is 0. The van der Waals surface area contributed by atoms with Crippen molar-refractivity contribution in [1.29, 1.82) is 0 Å². The lowest BCUT2D eigenvalue weighted by atomic mass is 9.76. The van der Waals surface area contributed by atoms with Gasteiger partial charge in [-0.1, -0.05) is 84.4 Å². The highest BCUT2D eigenvalue weighted by Crippen LogP contribution is 2.51. The minimum atomic E-state index is -0.000844. The van der Waals surface area contributed by atoms with Gasteiger partial charge >= 0.3 is 0 Å². The van der Waals surface area contributed by atoms with E-state index in [2.05, 4.69) is 41.7 Å². The van der Waals surface area contributed by atoms with E-state index in [9.17, 15) is 4.79 Å². The molecule has 1 aliphatic carbocycles. The maximum atomic E-state index is 13.3. The number of hydrogen-bond acceptors (Lipinski definition) is 2. The molecule has 2 aliphatic rings.